The fraction of sp³-hybridized carbons (Fsp3) is 0.286. The maximum Gasteiger partial charge on any atom is 0.417 e. The van der Waals surface area contributed by atoms with Crippen LogP contribution in [0.25, 0.3) is 5.70 Å². The Labute approximate surface area is 160 Å². The van der Waals surface area contributed by atoms with Crippen LogP contribution in [-0.4, -0.2) is 30.6 Å². The third kappa shape index (κ3) is 3.21. The minimum absolute atomic E-state index is 0.247. The first-order valence-electron chi connectivity index (χ1n) is 8.96. The number of rotatable bonds is 1. The number of nitrogens with zero attached hydrogens (tertiary/aromatic N) is 1. The molecule has 4 nitrogen and oxygen atoms in total. The number of hydrogen-bond acceptors (Lipinski definition) is 3. The summed E-state index contributed by atoms with van der Waals surface area (Å²) in [4.78, 5) is 14.2. The molecule has 0 aliphatic carbocycles. The molecular weight excluding hydrogens is 371 g/mol. The molecule has 0 bridgehead atoms. The van der Waals surface area contributed by atoms with Gasteiger partial charge in [-0.25, -0.2) is 0 Å². The summed E-state index contributed by atoms with van der Waals surface area (Å²) in [5, 5.41) is 0. The number of halogens is 3. The van der Waals surface area contributed by atoms with E-state index in [4.69, 9.17) is 9.47 Å². The van der Waals surface area contributed by atoms with E-state index >= 15 is 0 Å². The number of amides is 1. The second kappa shape index (κ2) is 6.89. The van der Waals surface area contributed by atoms with Crippen LogP contribution in [0.3, 0.4) is 0 Å². The van der Waals surface area contributed by atoms with Crippen molar-refractivity contribution in [1.82, 2.24) is 4.90 Å². The lowest BCUT2D eigenvalue weighted by Gasteiger charge is -2.32. The van der Waals surface area contributed by atoms with Crippen LogP contribution in [0.1, 0.15) is 33.5 Å². The fourth-order valence-electron chi connectivity index (χ4n) is 3.53. The number of alkyl halides is 3. The molecular formula is C21H18F3NO3. The minimum Gasteiger partial charge on any atom is -0.490 e. The van der Waals surface area contributed by atoms with Gasteiger partial charge in [-0.05, 0) is 36.2 Å². The van der Waals surface area contributed by atoms with E-state index in [0.29, 0.717) is 42.4 Å². The van der Waals surface area contributed by atoms with Crippen molar-refractivity contribution in [2.45, 2.75) is 19.0 Å². The molecule has 146 valence electrons. The predicted octanol–water partition coefficient (Wildman–Crippen LogP) is 4.54. The van der Waals surface area contributed by atoms with Crippen molar-refractivity contribution in [3.63, 3.8) is 0 Å². The van der Waals surface area contributed by atoms with E-state index in [0.717, 1.165) is 18.1 Å². The van der Waals surface area contributed by atoms with Crippen molar-refractivity contribution in [3.05, 3.63) is 65.2 Å². The molecule has 4 rings (SSSR count). The van der Waals surface area contributed by atoms with Gasteiger partial charge in [0.1, 0.15) is 0 Å². The highest BCUT2D eigenvalue weighted by Gasteiger charge is 2.37. The highest BCUT2D eigenvalue weighted by molar-refractivity contribution is 6.01. The molecule has 0 atom stereocenters. The monoisotopic (exact) mass is 389 g/mol. The molecule has 0 N–H and O–H groups in total. The van der Waals surface area contributed by atoms with Crippen molar-refractivity contribution < 1.29 is 27.4 Å². The smallest absolute Gasteiger partial charge is 0.417 e. The Morgan fingerprint density at radius 3 is 2.46 bits per heavy atom. The second-order valence-corrected chi connectivity index (χ2v) is 6.70. The Morgan fingerprint density at radius 1 is 1.07 bits per heavy atom. The highest BCUT2D eigenvalue weighted by atomic mass is 19.4. The van der Waals surface area contributed by atoms with Crippen LogP contribution in [0, 0.1) is 0 Å². The molecule has 0 saturated carbocycles. The van der Waals surface area contributed by atoms with Crippen molar-refractivity contribution >= 4 is 11.6 Å². The molecule has 2 aliphatic rings. The van der Waals surface area contributed by atoms with E-state index in [1.54, 1.807) is 6.07 Å². The lowest BCUT2D eigenvalue weighted by molar-refractivity contribution is -0.138. The SMILES string of the molecule is C=C1c2cc3c(cc2CCN1C(=O)c1ccccc1C(F)(F)F)OCCCO3. The number of hydrogen-bond donors (Lipinski definition) is 0. The predicted molar refractivity (Wildman–Crippen MR) is 97.3 cm³/mol. The Kier molecular flexibility index (Phi) is 4.53. The molecule has 0 saturated heterocycles. The maximum absolute atomic E-state index is 13.3. The Morgan fingerprint density at radius 2 is 1.75 bits per heavy atom. The van der Waals surface area contributed by atoms with Gasteiger partial charge in [0.2, 0.25) is 0 Å². The number of carbonyl (C=O) groups excluding carboxylic acids is 1. The Hall–Kier alpha value is -2.96. The summed E-state index contributed by atoms with van der Waals surface area (Å²) in [6, 6.07) is 8.43. The molecule has 2 heterocycles. The number of fused-ring (bicyclic) bond motifs is 2. The van der Waals surface area contributed by atoms with Gasteiger partial charge < -0.3 is 14.4 Å². The van der Waals surface area contributed by atoms with Gasteiger partial charge in [0, 0.05) is 24.2 Å². The maximum atomic E-state index is 13.3. The zero-order valence-electron chi connectivity index (χ0n) is 15.0. The summed E-state index contributed by atoms with van der Waals surface area (Å²) >= 11 is 0. The third-order valence-corrected chi connectivity index (χ3v) is 4.92. The molecule has 0 aromatic heterocycles. The Balaban J connectivity index is 1.69. The van der Waals surface area contributed by atoms with Crippen molar-refractivity contribution in [3.8, 4) is 11.5 Å². The van der Waals surface area contributed by atoms with Crippen LogP contribution < -0.4 is 9.47 Å². The van der Waals surface area contributed by atoms with Crippen LogP contribution in [-0.2, 0) is 12.6 Å². The van der Waals surface area contributed by atoms with E-state index in [1.165, 1.54) is 23.1 Å². The first-order valence-corrected chi connectivity index (χ1v) is 8.96. The van der Waals surface area contributed by atoms with E-state index < -0.39 is 17.6 Å². The number of ether oxygens (including phenoxy) is 2. The van der Waals surface area contributed by atoms with Crippen LogP contribution in [0.15, 0.2) is 43.0 Å². The van der Waals surface area contributed by atoms with E-state index in [9.17, 15) is 18.0 Å². The van der Waals surface area contributed by atoms with Crippen LogP contribution in [0.4, 0.5) is 13.2 Å². The third-order valence-electron chi connectivity index (χ3n) is 4.92. The largest absolute Gasteiger partial charge is 0.490 e. The Bertz CT molecular complexity index is 952. The summed E-state index contributed by atoms with van der Waals surface area (Å²) in [5.74, 6) is 0.490. The second-order valence-electron chi connectivity index (χ2n) is 6.70. The first kappa shape index (κ1) is 18.4. The molecule has 2 aromatic carbocycles. The van der Waals surface area contributed by atoms with Gasteiger partial charge >= 0.3 is 6.18 Å². The molecule has 28 heavy (non-hydrogen) atoms. The molecule has 0 fully saturated rings. The fourth-order valence-corrected chi connectivity index (χ4v) is 3.53. The molecule has 2 aromatic rings. The van der Waals surface area contributed by atoms with E-state index in [-0.39, 0.29) is 12.1 Å². The minimum atomic E-state index is -4.61. The van der Waals surface area contributed by atoms with Crippen molar-refractivity contribution in [2.75, 3.05) is 19.8 Å². The number of carbonyl (C=O) groups is 1. The summed E-state index contributed by atoms with van der Waals surface area (Å²) in [6.07, 6.45) is -3.35. The molecule has 7 heteroatoms. The molecule has 0 spiro atoms. The van der Waals surface area contributed by atoms with Gasteiger partial charge in [0.25, 0.3) is 5.91 Å². The van der Waals surface area contributed by atoms with Gasteiger partial charge in [-0.3, -0.25) is 4.79 Å². The lowest BCUT2D eigenvalue weighted by Crippen LogP contribution is -2.35. The van der Waals surface area contributed by atoms with Gasteiger partial charge in [-0.15, -0.1) is 0 Å². The number of benzene rings is 2. The lowest BCUT2D eigenvalue weighted by atomic mass is 9.95. The van der Waals surface area contributed by atoms with Gasteiger partial charge in [0.15, 0.2) is 11.5 Å². The standard InChI is InChI=1S/C21H18F3NO3/c1-13-16-12-19-18(27-9-4-10-28-19)11-14(16)7-8-25(13)20(26)15-5-2-3-6-17(15)21(22,23)24/h2-3,5-6,11-12H,1,4,7-10H2. The summed E-state index contributed by atoms with van der Waals surface area (Å²) < 4.78 is 51.3. The van der Waals surface area contributed by atoms with Crippen LogP contribution >= 0.6 is 0 Å². The van der Waals surface area contributed by atoms with Crippen LogP contribution in [0.2, 0.25) is 0 Å². The molecule has 0 radical (unpaired) electrons. The molecule has 1 amide bonds. The van der Waals surface area contributed by atoms with Gasteiger partial charge in [-0.2, -0.15) is 13.2 Å². The van der Waals surface area contributed by atoms with E-state index in [1.807, 2.05) is 6.07 Å². The zero-order chi connectivity index (χ0) is 19.9. The normalized spacial score (nSPS) is 16.4. The average Bonchev–Trinajstić information content (AvgIpc) is 2.91. The van der Waals surface area contributed by atoms with Crippen molar-refractivity contribution in [2.24, 2.45) is 0 Å². The summed E-state index contributed by atoms with van der Waals surface area (Å²) in [5.41, 5.74) is 0.654. The van der Waals surface area contributed by atoms with Crippen molar-refractivity contribution in [1.29, 1.82) is 0 Å². The van der Waals surface area contributed by atoms with E-state index in [2.05, 4.69) is 6.58 Å². The topological polar surface area (TPSA) is 38.8 Å². The zero-order valence-corrected chi connectivity index (χ0v) is 15.0. The highest BCUT2D eigenvalue weighted by Crippen LogP contribution is 2.39. The van der Waals surface area contributed by atoms with Crippen LogP contribution in [0.5, 0.6) is 11.5 Å². The molecule has 2 aliphatic heterocycles. The first-order chi connectivity index (χ1) is 13.4. The average molecular weight is 389 g/mol. The van der Waals surface area contributed by atoms with Gasteiger partial charge in [0.05, 0.1) is 24.3 Å². The quantitative estimate of drug-likeness (QED) is 0.719. The summed E-state index contributed by atoms with van der Waals surface area (Å²) in [6.45, 7) is 5.30. The summed E-state index contributed by atoms with van der Waals surface area (Å²) in [7, 11) is 0. The van der Waals surface area contributed by atoms with Gasteiger partial charge in [-0.1, -0.05) is 18.7 Å². The molecule has 0 unspecified atom stereocenters.